The van der Waals surface area contributed by atoms with Crippen molar-refractivity contribution >= 4 is 5.91 Å². The molecular weight excluding hydrogens is 388 g/mol. The van der Waals surface area contributed by atoms with Gasteiger partial charge in [0.2, 0.25) is 5.91 Å². The molecule has 4 rings (SSSR count). The number of amides is 1. The molecule has 1 aliphatic carbocycles. The molecule has 2 aromatic rings. The van der Waals surface area contributed by atoms with E-state index in [0.717, 1.165) is 50.3 Å². The van der Waals surface area contributed by atoms with Crippen LogP contribution in [0.4, 0.5) is 0 Å². The number of benzene rings is 2. The molecule has 1 fully saturated rings. The van der Waals surface area contributed by atoms with Crippen molar-refractivity contribution < 1.29 is 19.2 Å². The van der Waals surface area contributed by atoms with Crippen LogP contribution in [0.25, 0.3) is 0 Å². The zero-order valence-electron chi connectivity index (χ0n) is 19.2. The Balaban J connectivity index is 1.70. The van der Waals surface area contributed by atoms with E-state index in [4.69, 9.17) is 9.47 Å². The van der Waals surface area contributed by atoms with E-state index in [2.05, 4.69) is 55.6 Å². The van der Waals surface area contributed by atoms with Gasteiger partial charge in [-0.25, -0.2) is 0 Å². The first-order valence-electron chi connectivity index (χ1n) is 11.5. The molecule has 0 aromatic heterocycles. The number of rotatable bonds is 8. The zero-order valence-corrected chi connectivity index (χ0v) is 19.2. The first-order valence-corrected chi connectivity index (χ1v) is 11.5. The molecule has 1 saturated carbocycles. The Morgan fingerprint density at radius 1 is 1.13 bits per heavy atom. The number of aryl methyl sites for hydroxylation is 1. The van der Waals surface area contributed by atoms with Crippen LogP contribution in [-0.4, -0.2) is 32.7 Å². The highest BCUT2D eigenvalue weighted by Gasteiger charge is 2.40. The molecule has 5 nitrogen and oxygen atoms in total. The Morgan fingerprint density at radius 2 is 1.81 bits per heavy atom. The Hall–Kier alpha value is -2.53. The van der Waals surface area contributed by atoms with Crippen molar-refractivity contribution in [2.75, 3.05) is 20.8 Å². The fraction of sp³-hybridized carbons (Fsp3) is 0.500. The van der Waals surface area contributed by atoms with E-state index >= 15 is 0 Å². The number of nitrogens with one attached hydrogen (secondary N) is 2. The average Bonchev–Trinajstić information content (AvgIpc) is 3.63. The van der Waals surface area contributed by atoms with Crippen molar-refractivity contribution in [3.63, 3.8) is 0 Å². The van der Waals surface area contributed by atoms with E-state index in [-0.39, 0.29) is 23.9 Å². The minimum absolute atomic E-state index is 0.0886. The normalized spacial score (nSPS) is 21.2. The lowest BCUT2D eigenvalue weighted by Crippen LogP contribution is -3.13. The predicted octanol–water partition coefficient (Wildman–Crippen LogP) is 3.00. The summed E-state index contributed by atoms with van der Waals surface area (Å²) in [6.07, 6.45) is 3.93. The maximum Gasteiger partial charge on any atom is 0.223 e. The molecule has 5 heteroatoms. The zero-order chi connectivity index (χ0) is 22.0. The van der Waals surface area contributed by atoms with Crippen molar-refractivity contribution in [1.82, 2.24) is 5.32 Å². The van der Waals surface area contributed by atoms with Gasteiger partial charge in [-0.05, 0) is 43.9 Å². The van der Waals surface area contributed by atoms with Gasteiger partial charge in [0.05, 0.1) is 26.8 Å². The maximum absolute atomic E-state index is 12.7. The summed E-state index contributed by atoms with van der Waals surface area (Å²) in [4.78, 5) is 14.2. The van der Waals surface area contributed by atoms with Crippen LogP contribution in [0.2, 0.25) is 0 Å². The molecule has 0 spiro atoms. The Morgan fingerprint density at radius 3 is 2.42 bits per heavy atom. The number of hydrogen-bond donors (Lipinski definition) is 2. The molecule has 0 bridgehead atoms. The highest BCUT2D eigenvalue weighted by Crippen LogP contribution is 2.36. The molecule has 0 radical (unpaired) electrons. The number of methoxy groups -OCH3 is 2. The van der Waals surface area contributed by atoms with Crippen molar-refractivity contribution in [1.29, 1.82) is 0 Å². The molecule has 3 atom stereocenters. The lowest BCUT2D eigenvalue weighted by atomic mass is 9.86. The van der Waals surface area contributed by atoms with Gasteiger partial charge < -0.3 is 19.7 Å². The van der Waals surface area contributed by atoms with Crippen molar-refractivity contribution in [2.45, 2.75) is 58.2 Å². The number of fused-ring (bicyclic) bond motifs is 1. The molecule has 2 N–H and O–H groups in total. The molecule has 2 aliphatic rings. The first-order chi connectivity index (χ1) is 15.0. The minimum atomic E-state index is 0.0886. The van der Waals surface area contributed by atoms with Gasteiger partial charge in [0, 0.05) is 23.5 Å². The molecule has 1 aliphatic heterocycles. The standard InChI is InChI=1S/C26H34N2O3/c1-5-22(27-26(29)19-10-11-19)25-21-15-24(31-4)23(30-3)14-20(21)12-13-28(25)16-18-8-6-17(2)7-9-18/h6-9,14-15,19,22,25H,5,10-13,16H2,1-4H3,(H,27,29)/p+1/t22-,25+/m1/s1. The highest BCUT2D eigenvalue weighted by atomic mass is 16.5. The summed E-state index contributed by atoms with van der Waals surface area (Å²) < 4.78 is 11.2. The second kappa shape index (κ2) is 9.31. The van der Waals surface area contributed by atoms with Crippen LogP contribution in [0.3, 0.4) is 0 Å². The third-order valence-corrected chi connectivity index (χ3v) is 6.81. The van der Waals surface area contributed by atoms with Gasteiger partial charge in [0.1, 0.15) is 12.6 Å². The van der Waals surface area contributed by atoms with Crippen LogP contribution < -0.4 is 19.7 Å². The van der Waals surface area contributed by atoms with Crippen LogP contribution in [0, 0.1) is 12.8 Å². The fourth-order valence-electron chi connectivity index (χ4n) is 4.85. The van der Waals surface area contributed by atoms with Gasteiger partial charge in [0.15, 0.2) is 11.5 Å². The van der Waals surface area contributed by atoms with Crippen molar-refractivity contribution in [3.8, 4) is 11.5 Å². The predicted molar refractivity (Wildman–Crippen MR) is 122 cm³/mol. The Labute approximate surface area is 185 Å². The van der Waals surface area contributed by atoms with Crippen LogP contribution >= 0.6 is 0 Å². The molecule has 1 unspecified atom stereocenters. The lowest BCUT2D eigenvalue weighted by molar-refractivity contribution is -0.948. The summed E-state index contributed by atoms with van der Waals surface area (Å²) in [6, 6.07) is 13.4. The van der Waals surface area contributed by atoms with E-state index < -0.39 is 0 Å². The quantitative estimate of drug-likeness (QED) is 0.686. The molecule has 1 heterocycles. The summed E-state index contributed by atoms with van der Waals surface area (Å²) >= 11 is 0. The molecule has 166 valence electrons. The largest absolute Gasteiger partial charge is 0.493 e. The van der Waals surface area contributed by atoms with Crippen LogP contribution in [0.5, 0.6) is 11.5 Å². The number of carbonyl (C=O) groups excluding carboxylic acids is 1. The fourth-order valence-corrected chi connectivity index (χ4v) is 4.85. The number of carbonyl (C=O) groups is 1. The van der Waals surface area contributed by atoms with Gasteiger partial charge in [0.25, 0.3) is 0 Å². The summed E-state index contributed by atoms with van der Waals surface area (Å²) in [5.74, 6) is 1.96. The van der Waals surface area contributed by atoms with Crippen LogP contribution in [-0.2, 0) is 17.8 Å². The SMILES string of the molecule is CC[C@@H](NC(=O)C1CC1)[C@@H]1c2cc(OC)c(OC)cc2CC[NH+]1Cc1ccc(C)cc1. The van der Waals surface area contributed by atoms with Crippen LogP contribution in [0.15, 0.2) is 36.4 Å². The van der Waals surface area contributed by atoms with Gasteiger partial charge in [-0.15, -0.1) is 0 Å². The van der Waals surface area contributed by atoms with Crippen molar-refractivity contribution in [3.05, 3.63) is 58.7 Å². The minimum Gasteiger partial charge on any atom is -0.493 e. The van der Waals surface area contributed by atoms with Gasteiger partial charge in [-0.1, -0.05) is 36.8 Å². The molecule has 31 heavy (non-hydrogen) atoms. The summed E-state index contributed by atoms with van der Waals surface area (Å²) in [5, 5.41) is 3.40. The second-order valence-electron chi connectivity index (χ2n) is 9.00. The van der Waals surface area contributed by atoms with Crippen LogP contribution in [0.1, 0.15) is 54.5 Å². The third-order valence-electron chi connectivity index (χ3n) is 6.81. The molecule has 2 aromatic carbocycles. The van der Waals surface area contributed by atoms with E-state index in [1.165, 1.54) is 27.2 Å². The maximum atomic E-state index is 12.7. The Bertz CT molecular complexity index is 921. The van der Waals surface area contributed by atoms with Gasteiger partial charge >= 0.3 is 0 Å². The van der Waals surface area contributed by atoms with E-state index in [1.54, 1.807) is 14.2 Å². The number of quaternary nitrogens is 1. The van der Waals surface area contributed by atoms with Crippen molar-refractivity contribution in [2.24, 2.45) is 5.92 Å². The van der Waals surface area contributed by atoms with E-state index in [0.29, 0.717) is 0 Å². The van der Waals surface area contributed by atoms with Gasteiger partial charge in [-0.2, -0.15) is 0 Å². The van der Waals surface area contributed by atoms with Gasteiger partial charge in [-0.3, -0.25) is 4.79 Å². The first kappa shape index (κ1) is 21.7. The monoisotopic (exact) mass is 423 g/mol. The third kappa shape index (κ3) is 4.72. The summed E-state index contributed by atoms with van der Waals surface area (Å²) in [6.45, 7) is 6.26. The average molecular weight is 424 g/mol. The van der Waals surface area contributed by atoms with E-state index in [1.807, 2.05) is 0 Å². The van der Waals surface area contributed by atoms with E-state index in [9.17, 15) is 4.79 Å². The highest BCUT2D eigenvalue weighted by molar-refractivity contribution is 5.81. The second-order valence-corrected chi connectivity index (χ2v) is 9.00. The topological polar surface area (TPSA) is 52.0 Å². The molecule has 0 saturated heterocycles. The number of ether oxygens (including phenoxy) is 2. The molecule has 1 amide bonds. The summed E-state index contributed by atoms with van der Waals surface area (Å²) in [7, 11) is 3.37. The Kier molecular flexibility index (Phi) is 6.51. The smallest absolute Gasteiger partial charge is 0.223 e. The number of hydrogen-bond acceptors (Lipinski definition) is 3. The molecular formula is C26H35N2O3+. The summed E-state index contributed by atoms with van der Waals surface area (Å²) in [5.41, 5.74) is 5.18. The lowest BCUT2D eigenvalue weighted by Gasteiger charge is -2.39.